The fraction of sp³-hybridized carbons (Fsp3) is 0. The number of nitrogens with zero attached hydrogens (tertiary/aromatic N) is 3. The number of para-hydroxylation sites is 1. The Kier molecular flexibility index (Phi) is 3.85. The fourth-order valence-corrected chi connectivity index (χ4v) is 4.33. The first-order valence-electron chi connectivity index (χ1n) is 10.1. The van der Waals surface area contributed by atoms with E-state index in [1.54, 1.807) is 24.3 Å². The van der Waals surface area contributed by atoms with Gasteiger partial charge in [-0.2, -0.15) is 8.97 Å². The minimum absolute atomic E-state index is 0.0290. The first-order valence-corrected chi connectivity index (χ1v) is 10.1. The molecular formula is C25H16FN4O2+. The highest BCUT2D eigenvalue weighted by atomic mass is 19.1. The number of hydrogen-bond acceptors (Lipinski definition) is 2. The number of nitro groups is 1. The van der Waals surface area contributed by atoms with Crippen LogP contribution in [0.3, 0.4) is 0 Å². The highest BCUT2D eigenvalue weighted by molar-refractivity contribution is 6.13. The van der Waals surface area contributed by atoms with Crippen LogP contribution in [-0.4, -0.2) is 14.5 Å². The van der Waals surface area contributed by atoms with Crippen molar-refractivity contribution in [2.24, 2.45) is 0 Å². The maximum Gasteiger partial charge on any atom is 0.269 e. The third kappa shape index (κ3) is 2.68. The Balaban J connectivity index is 1.73. The van der Waals surface area contributed by atoms with Gasteiger partial charge in [0.15, 0.2) is 5.69 Å². The van der Waals surface area contributed by atoms with Gasteiger partial charge in [-0.1, -0.05) is 18.2 Å². The molecule has 3 aromatic heterocycles. The van der Waals surface area contributed by atoms with E-state index in [1.165, 1.54) is 24.3 Å². The van der Waals surface area contributed by atoms with Crippen molar-refractivity contribution >= 4 is 33.0 Å². The van der Waals surface area contributed by atoms with Crippen molar-refractivity contribution in [3.05, 3.63) is 107 Å². The molecule has 0 spiro atoms. The van der Waals surface area contributed by atoms with Gasteiger partial charge >= 0.3 is 0 Å². The predicted molar refractivity (Wildman–Crippen MR) is 120 cm³/mol. The van der Waals surface area contributed by atoms with Crippen LogP contribution in [0.15, 0.2) is 91.4 Å². The lowest BCUT2D eigenvalue weighted by Gasteiger charge is -2.03. The van der Waals surface area contributed by atoms with Crippen molar-refractivity contribution in [1.82, 2.24) is 9.55 Å². The zero-order valence-corrected chi connectivity index (χ0v) is 16.7. The molecule has 7 heteroatoms. The molecule has 6 rings (SSSR count). The molecule has 3 heterocycles. The summed E-state index contributed by atoms with van der Waals surface area (Å²) in [5, 5.41) is 13.4. The summed E-state index contributed by atoms with van der Waals surface area (Å²) in [4.78, 5) is 14.3. The van der Waals surface area contributed by atoms with Gasteiger partial charge in [-0.05, 0) is 48.5 Å². The van der Waals surface area contributed by atoms with Crippen molar-refractivity contribution in [3.63, 3.8) is 0 Å². The highest BCUT2D eigenvalue weighted by Crippen LogP contribution is 2.34. The lowest BCUT2D eigenvalue weighted by molar-refractivity contribution is -0.510. The van der Waals surface area contributed by atoms with E-state index < -0.39 is 4.92 Å². The van der Waals surface area contributed by atoms with Crippen LogP contribution in [0.25, 0.3) is 44.3 Å². The Morgan fingerprint density at radius 1 is 0.906 bits per heavy atom. The van der Waals surface area contributed by atoms with E-state index in [9.17, 15) is 14.5 Å². The van der Waals surface area contributed by atoms with Gasteiger partial charge in [0.1, 0.15) is 11.5 Å². The largest absolute Gasteiger partial charge is 0.351 e. The van der Waals surface area contributed by atoms with Crippen LogP contribution in [0.1, 0.15) is 0 Å². The SMILES string of the molecule is O=[N+]([O-])c1ccc(-c2c3c4[nH]c5ccccc5c4cc[n+]3cn2-c2ccc(F)cc2)cc1. The molecule has 0 unspecified atom stereocenters. The predicted octanol–water partition coefficient (Wildman–Crippen LogP) is 5.56. The van der Waals surface area contributed by atoms with Crippen LogP contribution in [0.5, 0.6) is 0 Å². The van der Waals surface area contributed by atoms with E-state index in [4.69, 9.17) is 0 Å². The Morgan fingerprint density at radius 3 is 2.41 bits per heavy atom. The van der Waals surface area contributed by atoms with E-state index in [-0.39, 0.29) is 11.5 Å². The Bertz CT molecular complexity index is 1650. The number of rotatable bonds is 3. The summed E-state index contributed by atoms with van der Waals surface area (Å²) in [7, 11) is 0. The second-order valence-corrected chi connectivity index (χ2v) is 7.65. The number of hydrogen-bond donors (Lipinski definition) is 1. The number of nitro benzene ring substituents is 1. The molecule has 0 bridgehead atoms. The molecule has 0 radical (unpaired) electrons. The van der Waals surface area contributed by atoms with Gasteiger partial charge in [0, 0.05) is 34.0 Å². The summed E-state index contributed by atoms with van der Waals surface area (Å²) in [6, 6.07) is 22.9. The standard InChI is InChI=1S/C25H16FN4O2/c26-17-7-11-18(12-8-17)29-15-28-14-13-21-20-3-1-2-4-22(20)27-23(21)25(28)24(29)16-5-9-19(10-6-16)30(31)32/h1-15,27H/q+1. The summed E-state index contributed by atoms with van der Waals surface area (Å²) >= 11 is 0. The first kappa shape index (κ1) is 18.3. The number of pyridine rings is 1. The molecule has 1 N–H and O–H groups in total. The third-order valence-corrected chi connectivity index (χ3v) is 5.80. The average Bonchev–Trinajstić information content (AvgIpc) is 3.38. The molecule has 0 aliphatic carbocycles. The van der Waals surface area contributed by atoms with Crippen LogP contribution in [-0.2, 0) is 0 Å². The zero-order chi connectivity index (χ0) is 21.8. The number of imidazole rings is 1. The van der Waals surface area contributed by atoms with E-state index in [1.807, 2.05) is 39.7 Å². The number of benzene rings is 3. The summed E-state index contributed by atoms with van der Waals surface area (Å²) in [5.41, 5.74) is 5.39. The smallest absolute Gasteiger partial charge is 0.269 e. The number of aromatic nitrogens is 3. The van der Waals surface area contributed by atoms with Crippen molar-refractivity contribution in [2.45, 2.75) is 0 Å². The summed E-state index contributed by atoms with van der Waals surface area (Å²) in [6.07, 6.45) is 3.93. The van der Waals surface area contributed by atoms with Crippen LogP contribution in [0.4, 0.5) is 10.1 Å². The lowest BCUT2D eigenvalue weighted by atomic mass is 10.1. The van der Waals surface area contributed by atoms with Crippen LogP contribution < -0.4 is 4.40 Å². The second-order valence-electron chi connectivity index (χ2n) is 7.65. The second kappa shape index (κ2) is 6.75. The Labute approximate surface area is 180 Å². The number of halogens is 1. The minimum Gasteiger partial charge on any atom is -0.351 e. The van der Waals surface area contributed by atoms with Gasteiger partial charge in [-0.15, -0.1) is 0 Å². The maximum absolute atomic E-state index is 13.6. The number of nitrogens with one attached hydrogen (secondary N) is 1. The van der Waals surface area contributed by atoms with Gasteiger partial charge in [0.2, 0.25) is 5.52 Å². The molecule has 6 nitrogen and oxygen atoms in total. The van der Waals surface area contributed by atoms with Crippen LogP contribution in [0.2, 0.25) is 0 Å². The molecule has 0 atom stereocenters. The van der Waals surface area contributed by atoms with Crippen LogP contribution in [0, 0.1) is 15.9 Å². The molecular weight excluding hydrogens is 407 g/mol. The van der Waals surface area contributed by atoms with Gasteiger partial charge in [-0.25, -0.2) is 4.39 Å². The van der Waals surface area contributed by atoms with Gasteiger partial charge < -0.3 is 4.98 Å². The van der Waals surface area contributed by atoms with E-state index in [0.29, 0.717) is 0 Å². The molecule has 154 valence electrons. The lowest BCUT2D eigenvalue weighted by Crippen LogP contribution is -2.17. The monoisotopic (exact) mass is 423 g/mol. The van der Waals surface area contributed by atoms with Gasteiger partial charge in [0.25, 0.3) is 12.0 Å². The first-order chi connectivity index (χ1) is 15.6. The molecule has 0 amide bonds. The summed E-state index contributed by atoms with van der Waals surface area (Å²) in [6.45, 7) is 0. The van der Waals surface area contributed by atoms with Crippen molar-refractivity contribution in [3.8, 4) is 16.9 Å². The normalized spacial score (nSPS) is 11.5. The highest BCUT2D eigenvalue weighted by Gasteiger charge is 2.25. The van der Waals surface area contributed by atoms with E-state index in [0.717, 1.165) is 44.3 Å². The van der Waals surface area contributed by atoms with E-state index >= 15 is 0 Å². The Morgan fingerprint density at radius 2 is 1.66 bits per heavy atom. The van der Waals surface area contributed by atoms with E-state index in [2.05, 4.69) is 17.1 Å². The van der Waals surface area contributed by atoms with Gasteiger partial charge in [0.05, 0.1) is 16.6 Å². The number of aromatic amines is 1. The molecule has 0 aliphatic rings. The molecule has 0 aliphatic heterocycles. The molecule has 6 aromatic rings. The summed E-state index contributed by atoms with van der Waals surface area (Å²) < 4.78 is 17.6. The number of non-ortho nitro benzene ring substituents is 1. The van der Waals surface area contributed by atoms with Gasteiger partial charge in [-0.3, -0.25) is 10.1 Å². The van der Waals surface area contributed by atoms with Crippen molar-refractivity contribution in [1.29, 1.82) is 0 Å². The average molecular weight is 423 g/mol. The molecule has 0 saturated heterocycles. The number of H-pyrrole nitrogens is 1. The quantitative estimate of drug-likeness (QED) is 0.230. The minimum atomic E-state index is -0.411. The Hall–Kier alpha value is -4.52. The zero-order valence-electron chi connectivity index (χ0n) is 16.7. The topological polar surface area (TPSA) is 68.0 Å². The third-order valence-electron chi connectivity index (χ3n) is 5.80. The molecule has 32 heavy (non-hydrogen) atoms. The van der Waals surface area contributed by atoms with Crippen molar-refractivity contribution < 1.29 is 13.7 Å². The number of fused-ring (bicyclic) bond motifs is 5. The summed E-state index contributed by atoms with van der Waals surface area (Å²) in [5.74, 6) is -0.312. The maximum atomic E-state index is 13.6. The van der Waals surface area contributed by atoms with Crippen molar-refractivity contribution in [2.75, 3.05) is 0 Å². The molecule has 0 fully saturated rings. The fourth-order valence-electron chi connectivity index (χ4n) is 4.33. The molecule has 0 saturated carbocycles. The van der Waals surface area contributed by atoms with Crippen LogP contribution >= 0.6 is 0 Å². The molecule has 3 aromatic carbocycles.